The highest BCUT2D eigenvalue weighted by molar-refractivity contribution is 7.54. The smallest absolute Gasteiger partial charge is 0.366 e. The zero-order chi connectivity index (χ0) is 11.5. The summed E-state index contributed by atoms with van der Waals surface area (Å²) in [6, 6.07) is 0. The number of amidine groups is 1. The Hall–Kier alpha value is -0.460. The molecule has 0 spiro atoms. The van der Waals surface area contributed by atoms with Gasteiger partial charge in [-0.05, 0) is 14.0 Å². The van der Waals surface area contributed by atoms with E-state index in [1.807, 2.05) is 11.9 Å². The van der Waals surface area contributed by atoms with E-state index in [-0.39, 0.29) is 0 Å². The largest absolute Gasteiger partial charge is 0.378 e. The lowest BCUT2D eigenvalue weighted by atomic mass is 10.4. The minimum Gasteiger partial charge on any atom is -0.378 e. The maximum Gasteiger partial charge on any atom is 0.366 e. The van der Waals surface area contributed by atoms with Crippen LogP contribution in [-0.4, -0.2) is 53.6 Å². The number of nitrogens with zero attached hydrogens (tertiary/aromatic N) is 2. The van der Waals surface area contributed by atoms with Crippen LogP contribution in [0.2, 0.25) is 0 Å². The molecular formula is C7H17N4O3P. The van der Waals surface area contributed by atoms with E-state index in [1.54, 1.807) is 0 Å². The topological polar surface area (TPSA) is 97.2 Å². The number of hydrogen-bond donors (Lipinski definition) is 4. The van der Waals surface area contributed by atoms with Crippen molar-refractivity contribution in [1.82, 2.24) is 15.1 Å². The van der Waals surface area contributed by atoms with Crippen molar-refractivity contribution >= 4 is 13.5 Å². The average molecular weight is 236 g/mol. The van der Waals surface area contributed by atoms with E-state index in [4.69, 9.17) is 5.11 Å². The van der Waals surface area contributed by atoms with Crippen LogP contribution >= 0.6 is 7.67 Å². The highest BCUT2D eigenvalue weighted by Crippen LogP contribution is 2.30. The number of aliphatic hydroxyl groups excluding tert-OH is 1. The maximum absolute atomic E-state index is 11.5. The van der Waals surface area contributed by atoms with Gasteiger partial charge in [0.2, 0.25) is 0 Å². The number of aliphatic imine (C=N–C) groups is 1. The minimum atomic E-state index is -3.75. The molecule has 0 aliphatic carbocycles. The number of likely N-dealkylation sites (N-methyl/N-ethyl adjacent to an activating group) is 1. The molecule has 15 heavy (non-hydrogen) atoms. The molecule has 0 fully saturated rings. The van der Waals surface area contributed by atoms with Crippen LogP contribution in [-0.2, 0) is 4.57 Å². The van der Waals surface area contributed by atoms with E-state index in [9.17, 15) is 9.46 Å². The van der Waals surface area contributed by atoms with Crippen LogP contribution in [0.15, 0.2) is 4.99 Å². The Kier molecular flexibility index (Phi) is 4.24. The molecule has 0 saturated heterocycles. The first kappa shape index (κ1) is 12.6. The molecule has 88 valence electrons. The molecule has 0 saturated carbocycles. The molecule has 0 radical (unpaired) electrons. The fourth-order valence-corrected chi connectivity index (χ4v) is 2.33. The zero-order valence-corrected chi connectivity index (χ0v) is 9.74. The Balaban J connectivity index is 2.53. The van der Waals surface area contributed by atoms with Gasteiger partial charge in [-0.25, -0.2) is 9.65 Å². The van der Waals surface area contributed by atoms with Gasteiger partial charge >= 0.3 is 7.67 Å². The lowest BCUT2D eigenvalue weighted by molar-refractivity contribution is 0.178. The first-order chi connectivity index (χ1) is 6.89. The molecule has 0 amide bonds. The molecule has 0 bridgehead atoms. The summed E-state index contributed by atoms with van der Waals surface area (Å²) in [5, 5.41) is 13.5. The summed E-state index contributed by atoms with van der Waals surface area (Å²) in [5.41, 5.74) is 0. The van der Waals surface area contributed by atoms with Crippen molar-refractivity contribution in [1.29, 1.82) is 0 Å². The van der Waals surface area contributed by atoms with Crippen LogP contribution < -0.4 is 10.2 Å². The third-order valence-electron chi connectivity index (χ3n) is 1.85. The maximum atomic E-state index is 11.5. The van der Waals surface area contributed by atoms with Gasteiger partial charge in [-0.1, -0.05) is 0 Å². The number of hydrogen-bond acceptors (Lipinski definition) is 4. The molecular weight excluding hydrogens is 219 g/mol. The van der Waals surface area contributed by atoms with Crippen LogP contribution in [0.4, 0.5) is 0 Å². The molecule has 0 aromatic carbocycles. The second kappa shape index (κ2) is 5.05. The van der Waals surface area contributed by atoms with Gasteiger partial charge < -0.3 is 10.00 Å². The molecule has 1 aliphatic rings. The third-order valence-corrected chi connectivity index (χ3v) is 3.13. The van der Waals surface area contributed by atoms with Crippen LogP contribution in [0.5, 0.6) is 0 Å². The van der Waals surface area contributed by atoms with E-state index in [1.165, 1.54) is 6.92 Å². The molecule has 1 aliphatic heterocycles. The zero-order valence-electron chi connectivity index (χ0n) is 8.84. The monoisotopic (exact) mass is 236 g/mol. The molecule has 7 nitrogen and oxygen atoms in total. The first-order valence-corrected chi connectivity index (χ1v) is 6.34. The van der Waals surface area contributed by atoms with E-state index in [0.717, 1.165) is 6.54 Å². The Labute approximate surface area is 88.8 Å². The predicted octanol–water partition coefficient (Wildman–Crippen LogP) is -1.05. The number of nitrogens with one attached hydrogen (secondary N) is 2. The molecule has 2 unspecified atom stereocenters. The Morgan fingerprint density at radius 1 is 1.67 bits per heavy atom. The van der Waals surface area contributed by atoms with Gasteiger partial charge in [0, 0.05) is 6.54 Å². The van der Waals surface area contributed by atoms with Crippen molar-refractivity contribution < 1.29 is 14.6 Å². The Morgan fingerprint density at radius 2 is 2.33 bits per heavy atom. The second-order valence-electron chi connectivity index (χ2n) is 3.56. The highest BCUT2D eigenvalue weighted by atomic mass is 31.2. The average Bonchev–Trinajstić information content (AvgIpc) is 1.99. The fraction of sp³-hybridized carbons (Fsp3) is 0.857. The van der Waals surface area contributed by atoms with Gasteiger partial charge in [0.05, 0.1) is 13.1 Å². The summed E-state index contributed by atoms with van der Waals surface area (Å²) in [6.07, 6.45) is -1.05. The van der Waals surface area contributed by atoms with Gasteiger partial charge in [0.15, 0.2) is 0 Å². The first-order valence-electron chi connectivity index (χ1n) is 4.68. The van der Waals surface area contributed by atoms with E-state index < -0.39 is 13.9 Å². The molecule has 1 heterocycles. The third kappa shape index (κ3) is 4.72. The summed E-state index contributed by atoms with van der Waals surface area (Å²) >= 11 is 0. The summed E-state index contributed by atoms with van der Waals surface area (Å²) in [5.74, 6) is 0.461. The van der Waals surface area contributed by atoms with Crippen molar-refractivity contribution in [3.63, 3.8) is 0 Å². The summed E-state index contributed by atoms with van der Waals surface area (Å²) in [6.45, 7) is 3.32. The van der Waals surface area contributed by atoms with Crippen LogP contribution in [0, 0.1) is 0 Å². The lowest BCUT2D eigenvalue weighted by Gasteiger charge is -2.25. The molecule has 4 N–H and O–H groups in total. The minimum absolute atomic E-state index is 0.461. The summed E-state index contributed by atoms with van der Waals surface area (Å²) in [7, 11) is -1.85. The van der Waals surface area contributed by atoms with Crippen molar-refractivity contribution in [2.24, 2.45) is 4.99 Å². The predicted molar refractivity (Wildman–Crippen MR) is 57.6 cm³/mol. The van der Waals surface area contributed by atoms with Gasteiger partial charge in [0.25, 0.3) is 0 Å². The molecule has 8 heteroatoms. The van der Waals surface area contributed by atoms with Crippen molar-refractivity contribution in [2.75, 3.05) is 26.7 Å². The van der Waals surface area contributed by atoms with E-state index in [2.05, 4.69) is 15.2 Å². The van der Waals surface area contributed by atoms with Crippen LogP contribution in [0.3, 0.4) is 0 Å². The molecule has 0 aromatic rings. The van der Waals surface area contributed by atoms with Gasteiger partial charge in [-0.15, -0.1) is 0 Å². The SMILES string of the molecule is CC(O)NP(=O)(O)NC1=NCCN(C)C1. The Morgan fingerprint density at radius 3 is 2.87 bits per heavy atom. The normalized spacial score (nSPS) is 24.1. The quantitative estimate of drug-likeness (QED) is 0.369. The van der Waals surface area contributed by atoms with Crippen LogP contribution in [0.25, 0.3) is 0 Å². The Bertz CT molecular complexity index is 294. The van der Waals surface area contributed by atoms with Crippen molar-refractivity contribution in [2.45, 2.75) is 13.2 Å². The van der Waals surface area contributed by atoms with Crippen molar-refractivity contribution in [3.8, 4) is 0 Å². The highest BCUT2D eigenvalue weighted by Gasteiger charge is 2.23. The van der Waals surface area contributed by atoms with E-state index in [0.29, 0.717) is 18.9 Å². The molecule has 2 atom stereocenters. The second-order valence-corrected chi connectivity index (χ2v) is 5.19. The lowest BCUT2D eigenvalue weighted by Crippen LogP contribution is -2.41. The van der Waals surface area contributed by atoms with Crippen LogP contribution in [0.1, 0.15) is 6.92 Å². The standard InChI is InChI=1S/C7H17N4O3P/c1-6(12)9-15(13,14)10-7-5-11(2)4-3-8-7/h6,12H,3-5H2,1-2H3,(H3,8,9,10,13,14). The van der Waals surface area contributed by atoms with E-state index >= 15 is 0 Å². The number of rotatable bonds is 3. The summed E-state index contributed by atoms with van der Waals surface area (Å²) < 4.78 is 11.5. The fourth-order valence-electron chi connectivity index (χ4n) is 1.27. The molecule has 1 rings (SSSR count). The van der Waals surface area contributed by atoms with Gasteiger partial charge in [0.1, 0.15) is 12.1 Å². The molecule has 0 aromatic heterocycles. The van der Waals surface area contributed by atoms with Gasteiger partial charge in [-0.2, -0.15) is 0 Å². The summed E-state index contributed by atoms with van der Waals surface area (Å²) in [4.78, 5) is 15.5. The van der Waals surface area contributed by atoms with Gasteiger partial charge in [-0.3, -0.25) is 15.0 Å². The number of aliphatic hydroxyl groups is 1. The van der Waals surface area contributed by atoms with Crippen molar-refractivity contribution in [3.05, 3.63) is 0 Å².